The van der Waals surface area contributed by atoms with Crippen LogP contribution in [0.2, 0.25) is 0 Å². The summed E-state index contributed by atoms with van der Waals surface area (Å²) in [7, 11) is 5.07. The third-order valence-electron chi connectivity index (χ3n) is 3.13. The van der Waals surface area contributed by atoms with Crippen molar-refractivity contribution in [2.45, 2.75) is 18.8 Å². The number of carbonyl (C=O) groups excluding carboxylic acids is 1. The monoisotopic (exact) mass is 295 g/mol. The number of likely N-dealkylation sites (N-methyl/N-ethyl adjacent to an activating group) is 1. The van der Waals surface area contributed by atoms with Gasteiger partial charge in [0, 0.05) is 20.2 Å². The van der Waals surface area contributed by atoms with Gasteiger partial charge in [0.05, 0.1) is 23.5 Å². The Balaban J connectivity index is 2.57. The molecule has 0 fully saturated rings. The minimum atomic E-state index is -0.275. The first kappa shape index (κ1) is 14.7. The van der Waals surface area contributed by atoms with Gasteiger partial charge in [-0.15, -0.1) is 11.6 Å². The van der Waals surface area contributed by atoms with E-state index in [0.29, 0.717) is 5.82 Å². The third-order valence-corrected chi connectivity index (χ3v) is 3.33. The molecule has 1 heterocycles. The minimum Gasteiger partial charge on any atom is -0.497 e. The summed E-state index contributed by atoms with van der Waals surface area (Å²) in [6, 6.07) is 5.58. The van der Waals surface area contributed by atoms with E-state index in [-0.39, 0.29) is 17.8 Å². The average Bonchev–Trinajstić information content (AvgIpc) is 2.76. The summed E-state index contributed by atoms with van der Waals surface area (Å²) in [4.78, 5) is 18.0. The van der Waals surface area contributed by atoms with Crippen LogP contribution in [0.25, 0.3) is 11.0 Å². The highest BCUT2D eigenvalue weighted by molar-refractivity contribution is 6.20. The molecular weight excluding hydrogens is 278 g/mol. The molecule has 6 heteroatoms. The van der Waals surface area contributed by atoms with Crippen LogP contribution in [0.4, 0.5) is 0 Å². The molecule has 108 valence electrons. The first-order valence-electron chi connectivity index (χ1n) is 6.32. The molecule has 1 aromatic carbocycles. The van der Waals surface area contributed by atoms with E-state index in [4.69, 9.17) is 16.3 Å². The van der Waals surface area contributed by atoms with Crippen molar-refractivity contribution in [2.75, 3.05) is 21.2 Å². The Bertz CT molecular complexity index is 635. The van der Waals surface area contributed by atoms with Crippen molar-refractivity contribution < 1.29 is 9.53 Å². The molecule has 1 unspecified atom stereocenters. The first-order chi connectivity index (χ1) is 9.43. The van der Waals surface area contributed by atoms with Crippen LogP contribution in [0.5, 0.6) is 5.75 Å². The molecule has 2 rings (SSSR count). The van der Waals surface area contributed by atoms with Crippen molar-refractivity contribution in [3.8, 4) is 5.75 Å². The summed E-state index contributed by atoms with van der Waals surface area (Å²) in [6.07, 6.45) is 0. The maximum atomic E-state index is 12.0. The predicted octanol–water partition coefficient (Wildman–Crippen LogP) is 2.43. The summed E-state index contributed by atoms with van der Waals surface area (Å²) in [5.41, 5.74) is 1.65. The topological polar surface area (TPSA) is 47.4 Å². The Labute approximate surface area is 123 Å². The van der Waals surface area contributed by atoms with Crippen LogP contribution in [-0.2, 0) is 11.3 Å². The fourth-order valence-corrected chi connectivity index (χ4v) is 2.16. The average molecular weight is 296 g/mol. The lowest BCUT2D eigenvalue weighted by atomic mass is 10.3. The Kier molecular flexibility index (Phi) is 4.18. The first-order valence-corrected chi connectivity index (χ1v) is 6.76. The van der Waals surface area contributed by atoms with Gasteiger partial charge in [0.25, 0.3) is 0 Å². The number of rotatable bonds is 4. The lowest BCUT2D eigenvalue weighted by Crippen LogP contribution is -2.27. The molecule has 0 bridgehead atoms. The summed E-state index contributed by atoms with van der Waals surface area (Å²) < 4.78 is 7.08. The highest BCUT2D eigenvalue weighted by Crippen LogP contribution is 2.27. The fraction of sp³-hybridized carbons (Fsp3) is 0.429. The van der Waals surface area contributed by atoms with Gasteiger partial charge in [-0.3, -0.25) is 4.79 Å². The zero-order valence-electron chi connectivity index (χ0n) is 12.1. The second-order valence-electron chi connectivity index (χ2n) is 4.81. The fourth-order valence-electron chi connectivity index (χ4n) is 1.99. The third kappa shape index (κ3) is 2.72. The van der Waals surface area contributed by atoms with Crippen molar-refractivity contribution in [1.82, 2.24) is 14.5 Å². The molecule has 1 aromatic heterocycles. The smallest absolute Gasteiger partial charge is 0.242 e. The van der Waals surface area contributed by atoms with Gasteiger partial charge in [0.2, 0.25) is 5.91 Å². The van der Waals surface area contributed by atoms with Crippen molar-refractivity contribution in [1.29, 1.82) is 0 Å². The number of alkyl halides is 1. The van der Waals surface area contributed by atoms with E-state index in [1.807, 2.05) is 29.7 Å². The molecule has 0 N–H and O–H groups in total. The Morgan fingerprint density at radius 3 is 2.75 bits per heavy atom. The maximum absolute atomic E-state index is 12.0. The number of aromatic nitrogens is 2. The highest BCUT2D eigenvalue weighted by atomic mass is 35.5. The lowest BCUT2D eigenvalue weighted by molar-refractivity contribution is -0.129. The Morgan fingerprint density at radius 1 is 1.50 bits per heavy atom. The summed E-state index contributed by atoms with van der Waals surface area (Å²) in [5.74, 6) is 1.40. The highest BCUT2D eigenvalue weighted by Gasteiger charge is 2.18. The van der Waals surface area contributed by atoms with E-state index in [9.17, 15) is 4.79 Å². The number of hydrogen-bond donors (Lipinski definition) is 0. The Hall–Kier alpha value is -1.75. The van der Waals surface area contributed by atoms with Gasteiger partial charge >= 0.3 is 0 Å². The van der Waals surface area contributed by atoms with Crippen LogP contribution in [-0.4, -0.2) is 41.6 Å². The zero-order valence-corrected chi connectivity index (χ0v) is 12.8. The number of carbonyl (C=O) groups is 1. The van der Waals surface area contributed by atoms with Crippen LogP contribution in [0, 0.1) is 0 Å². The largest absolute Gasteiger partial charge is 0.497 e. The van der Waals surface area contributed by atoms with E-state index < -0.39 is 0 Å². The summed E-state index contributed by atoms with van der Waals surface area (Å²) >= 11 is 6.18. The number of fused-ring (bicyclic) bond motifs is 1. The number of halogens is 1. The van der Waals surface area contributed by atoms with Crippen LogP contribution in [0.1, 0.15) is 18.1 Å². The molecule has 0 radical (unpaired) electrons. The van der Waals surface area contributed by atoms with Gasteiger partial charge in [-0.05, 0) is 19.1 Å². The van der Waals surface area contributed by atoms with Gasteiger partial charge in [0.15, 0.2) is 0 Å². The molecular formula is C14H18ClN3O2. The number of hydrogen-bond acceptors (Lipinski definition) is 3. The molecule has 1 amide bonds. The van der Waals surface area contributed by atoms with Gasteiger partial charge in [-0.2, -0.15) is 0 Å². The quantitative estimate of drug-likeness (QED) is 0.814. The van der Waals surface area contributed by atoms with Crippen LogP contribution in [0.3, 0.4) is 0 Å². The van der Waals surface area contributed by atoms with E-state index in [1.165, 1.54) is 0 Å². The number of amides is 1. The molecule has 20 heavy (non-hydrogen) atoms. The predicted molar refractivity (Wildman–Crippen MR) is 79.2 cm³/mol. The zero-order chi connectivity index (χ0) is 14.9. The molecule has 2 aromatic rings. The number of imidazole rings is 1. The second kappa shape index (κ2) is 5.71. The van der Waals surface area contributed by atoms with Crippen molar-refractivity contribution in [3.05, 3.63) is 24.0 Å². The van der Waals surface area contributed by atoms with Crippen molar-refractivity contribution in [3.63, 3.8) is 0 Å². The minimum absolute atomic E-state index is 0.00862. The molecule has 0 aliphatic heterocycles. The molecule has 0 aliphatic rings. The summed E-state index contributed by atoms with van der Waals surface area (Å²) in [5, 5.41) is -0.275. The summed E-state index contributed by atoms with van der Waals surface area (Å²) in [6.45, 7) is 2.06. The maximum Gasteiger partial charge on any atom is 0.242 e. The van der Waals surface area contributed by atoms with Crippen LogP contribution in [0.15, 0.2) is 18.2 Å². The number of methoxy groups -OCH3 is 1. The van der Waals surface area contributed by atoms with Gasteiger partial charge in [-0.1, -0.05) is 0 Å². The van der Waals surface area contributed by atoms with Crippen molar-refractivity contribution in [2.24, 2.45) is 0 Å². The van der Waals surface area contributed by atoms with Crippen LogP contribution < -0.4 is 4.74 Å². The molecule has 1 atom stereocenters. The van der Waals surface area contributed by atoms with E-state index in [2.05, 4.69) is 4.98 Å². The van der Waals surface area contributed by atoms with Gasteiger partial charge < -0.3 is 14.2 Å². The van der Waals surface area contributed by atoms with Crippen molar-refractivity contribution >= 4 is 28.5 Å². The number of benzene rings is 1. The number of ether oxygens (including phenoxy) is 1. The van der Waals surface area contributed by atoms with Gasteiger partial charge in [0.1, 0.15) is 18.1 Å². The molecule has 5 nitrogen and oxygen atoms in total. The SMILES string of the molecule is COc1ccc2nc(C(C)Cl)n(CC(=O)N(C)C)c2c1. The van der Waals surface area contributed by atoms with Crippen LogP contribution >= 0.6 is 11.6 Å². The van der Waals surface area contributed by atoms with Gasteiger partial charge in [-0.25, -0.2) is 4.98 Å². The van der Waals surface area contributed by atoms with E-state index >= 15 is 0 Å². The normalized spacial score (nSPS) is 12.4. The molecule has 0 aliphatic carbocycles. The Morgan fingerprint density at radius 2 is 2.20 bits per heavy atom. The standard InChI is InChI=1S/C14H18ClN3O2/c1-9(15)14-16-11-6-5-10(20-4)7-12(11)18(14)8-13(19)17(2)3/h5-7,9H,8H2,1-4H3. The molecule has 0 saturated heterocycles. The second-order valence-corrected chi connectivity index (χ2v) is 5.47. The van der Waals surface area contributed by atoms with E-state index in [1.54, 1.807) is 26.1 Å². The molecule has 0 spiro atoms. The lowest BCUT2D eigenvalue weighted by Gasteiger charge is -2.14. The molecule has 0 saturated carbocycles. The number of nitrogens with zero attached hydrogens (tertiary/aromatic N) is 3. The van der Waals surface area contributed by atoms with E-state index in [0.717, 1.165) is 16.8 Å².